The summed E-state index contributed by atoms with van der Waals surface area (Å²) in [4.78, 5) is 15.7. The van der Waals surface area contributed by atoms with E-state index >= 15 is 0 Å². The maximum Gasteiger partial charge on any atom is 0.257 e. The largest absolute Gasteiger partial charge is 0.390 e. The molecular weight excluding hydrogens is 222 g/mol. The molecule has 0 bridgehead atoms. The Morgan fingerprint density at radius 1 is 1.35 bits per heavy atom. The van der Waals surface area contributed by atoms with E-state index in [-0.39, 0.29) is 12.3 Å². The molecule has 1 heterocycles. The van der Waals surface area contributed by atoms with Gasteiger partial charge in [-0.1, -0.05) is 35.5 Å². The van der Waals surface area contributed by atoms with Gasteiger partial charge in [-0.2, -0.15) is 0 Å². The highest BCUT2D eigenvalue weighted by Crippen LogP contribution is 2.05. The Morgan fingerprint density at radius 2 is 2.06 bits per heavy atom. The van der Waals surface area contributed by atoms with E-state index in [4.69, 9.17) is 14.3 Å². The summed E-state index contributed by atoms with van der Waals surface area (Å²) in [5.41, 5.74) is 0.791. The van der Waals surface area contributed by atoms with E-state index in [1.54, 1.807) is 18.4 Å². The molecule has 1 aromatic carbocycles. The quantitative estimate of drug-likeness (QED) is 0.561. The molecule has 1 fully saturated rings. The highest BCUT2D eigenvalue weighted by molar-refractivity contribution is 6.36. The molecule has 1 aromatic rings. The molecule has 17 heavy (non-hydrogen) atoms. The summed E-state index contributed by atoms with van der Waals surface area (Å²) in [5, 5.41) is 3.71. The van der Waals surface area contributed by atoms with E-state index in [0.29, 0.717) is 18.8 Å². The van der Waals surface area contributed by atoms with Crippen LogP contribution >= 0.6 is 0 Å². The van der Waals surface area contributed by atoms with E-state index in [1.165, 1.54) is 0 Å². The highest BCUT2D eigenvalue weighted by atomic mass is 16.7. The van der Waals surface area contributed by atoms with Gasteiger partial charge in [0.15, 0.2) is 18.6 Å². The van der Waals surface area contributed by atoms with Crippen LogP contribution in [0, 0.1) is 0 Å². The molecule has 0 spiro atoms. The Hall–Kier alpha value is -1.72. The van der Waals surface area contributed by atoms with Crippen molar-refractivity contribution in [3.63, 3.8) is 0 Å². The van der Waals surface area contributed by atoms with Crippen molar-refractivity contribution >= 4 is 12.0 Å². The number of nitrogens with zero attached hydrogens (tertiary/aromatic N) is 1. The van der Waals surface area contributed by atoms with Crippen LogP contribution in [0.2, 0.25) is 0 Å². The van der Waals surface area contributed by atoms with E-state index in [9.17, 15) is 4.79 Å². The lowest BCUT2D eigenvalue weighted by atomic mass is 10.1. The third kappa shape index (κ3) is 3.37. The summed E-state index contributed by atoms with van der Waals surface area (Å²) in [7, 11) is 0. The molecule has 5 nitrogen and oxygen atoms in total. The van der Waals surface area contributed by atoms with Crippen molar-refractivity contribution in [2.75, 3.05) is 19.8 Å². The van der Waals surface area contributed by atoms with Gasteiger partial charge in [-0.3, -0.25) is 4.79 Å². The van der Waals surface area contributed by atoms with Crippen molar-refractivity contribution in [3.8, 4) is 0 Å². The second-order valence-corrected chi connectivity index (χ2v) is 3.37. The Balaban J connectivity index is 1.91. The lowest BCUT2D eigenvalue weighted by Crippen LogP contribution is -2.15. The zero-order chi connectivity index (χ0) is 11.9. The highest BCUT2D eigenvalue weighted by Gasteiger charge is 2.16. The molecule has 1 aliphatic heterocycles. The van der Waals surface area contributed by atoms with Crippen LogP contribution < -0.4 is 0 Å². The summed E-state index contributed by atoms with van der Waals surface area (Å²) in [6, 6.07) is 9.00. The number of rotatable bonds is 5. The van der Waals surface area contributed by atoms with Crippen LogP contribution in [0.5, 0.6) is 0 Å². The lowest BCUT2D eigenvalue weighted by Gasteiger charge is -2.06. The molecule has 1 radical (unpaired) electrons. The van der Waals surface area contributed by atoms with Gasteiger partial charge in [0.05, 0.1) is 13.2 Å². The van der Waals surface area contributed by atoms with E-state index in [1.807, 2.05) is 18.2 Å². The summed E-state index contributed by atoms with van der Waals surface area (Å²) in [6.07, 6.45) is 1.34. The molecule has 0 unspecified atom stereocenters. The molecule has 0 N–H and O–H groups in total. The normalized spacial score (nSPS) is 17.1. The van der Waals surface area contributed by atoms with Crippen LogP contribution in [-0.2, 0) is 19.1 Å². The van der Waals surface area contributed by atoms with E-state index in [2.05, 4.69) is 5.16 Å². The minimum Gasteiger partial charge on any atom is -0.390 e. The maximum atomic E-state index is 10.7. The first kappa shape index (κ1) is 11.8. The molecule has 1 aliphatic rings. The van der Waals surface area contributed by atoms with E-state index < -0.39 is 6.29 Å². The van der Waals surface area contributed by atoms with Gasteiger partial charge >= 0.3 is 0 Å². The number of benzene rings is 1. The van der Waals surface area contributed by atoms with Crippen LogP contribution in [0.25, 0.3) is 0 Å². The van der Waals surface area contributed by atoms with Crippen molar-refractivity contribution in [3.05, 3.63) is 35.9 Å². The minimum absolute atomic E-state index is 0.128. The van der Waals surface area contributed by atoms with Crippen molar-refractivity contribution < 1.29 is 19.1 Å². The first-order valence-corrected chi connectivity index (χ1v) is 5.27. The fraction of sp³-hybridized carbons (Fsp3) is 0.333. The van der Waals surface area contributed by atoms with Gasteiger partial charge in [-0.05, 0) is 0 Å². The van der Waals surface area contributed by atoms with Crippen LogP contribution in [0.4, 0.5) is 0 Å². The molecule has 0 aromatic heterocycles. The van der Waals surface area contributed by atoms with Crippen molar-refractivity contribution in [2.24, 2.45) is 5.16 Å². The van der Waals surface area contributed by atoms with Gasteiger partial charge in [-0.15, -0.1) is 0 Å². The fourth-order valence-electron chi connectivity index (χ4n) is 1.39. The van der Waals surface area contributed by atoms with Crippen LogP contribution in [-0.4, -0.2) is 38.1 Å². The number of oxime groups is 1. The second-order valence-electron chi connectivity index (χ2n) is 3.37. The SMILES string of the molecule is O=[C]C(=NOCC1OCCO1)c1ccccc1. The van der Waals surface area contributed by atoms with Gasteiger partial charge in [0.25, 0.3) is 6.29 Å². The van der Waals surface area contributed by atoms with Crippen LogP contribution in [0.3, 0.4) is 0 Å². The summed E-state index contributed by atoms with van der Waals surface area (Å²) >= 11 is 0. The van der Waals surface area contributed by atoms with Crippen LogP contribution in [0.15, 0.2) is 35.5 Å². The summed E-state index contributed by atoms with van der Waals surface area (Å²) in [6.45, 7) is 1.28. The van der Waals surface area contributed by atoms with Gasteiger partial charge in [-0.25, -0.2) is 0 Å². The van der Waals surface area contributed by atoms with Gasteiger partial charge in [0.2, 0.25) is 0 Å². The molecular formula is C12H12NO4. The van der Waals surface area contributed by atoms with Gasteiger partial charge in [0, 0.05) is 5.56 Å². The van der Waals surface area contributed by atoms with Gasteiger partial charge in [0.1, 0.15) is 0 Å². The summed E-state index contributed by atoms with van der Waals surface area (Å²) in [5.74, 6) is 0. The second kappa shape index (κ2) is 6.12. The molecule has 2 rings (SSSR count). The topological polar surface area (TPSA) is 57.1 Å². The van der Waals surface area contributed by atoms with Crippen molar-refractivity contribution in [1.82, 2.24) is 0 Å². The number of hydrogen-bond acceptors (Lipinski definition) is 5. The Labute approximate surface area is 99.0 Å². The molecule has 0 atom stereocenters. The lowest BCUT2D eigenvalue weighted by molar-refractivity contribution is -0.0933. The number of hydrogen-bond donors (Lipinski definition) is 0. The average Bonchev–Trinajstić information content (AvgIpc) is 2.89. The van der Waals surface area contributed by atoms with Gasteiger partial charge < -0.3 is 14.3 Å². The monoisotopic (exact) mass is 234 g/mol. The van der Waals surface area contributed by atoms with Crippen molar-refractivity contribution in [2.45, 2.75) is 6.29 Å². The standard InChI is InChI=1S/C12H12NO4/c14-8-11(10-4-2-1-3-5-10)13-17-9-12-15-6-7-16-12/h1-5,12H,6-7,9H2. The third-order valence-electron chi connectivity index (χ3n) is 2.20. The van der Waals surface area contributed by atoms with E-state index in [0.717, 1.165) is 0 Å². The molecule has 0 aliphatic carbocycles. The zero-order valence-electron chi connectivity index (χ0n) is 9.17. The fourth-order valence-corrected chi connectivity index (χ4v) is 1.39. The zero-order valence-corrected chi connectivity index (χ0v) is 9.17. The predicted octanol–water partition coefficient (Wildman–Crippen LogP) is 0.890. The Bertz CT molecular complexity index is 385. The first-order chi connectivity index (χ1) is 8.40. The maximum absolute atomic E-state index is 10.7. The Morgan fingerprint density at radius 3 is 2.71 bits per heavy atom. The number of ether oxygens (including phenoxy) is 2. The number of carbonyl (C=O) groups excluding carboxylic acids is 1. The predicted molar refractivity (Wildman–Crippen MR) is 60.3 cm³/mol. The smallest absolute Gasteiger partial charge is 0.257 e. The average molecular weight is 234 g/mol. The third-order valence-corrected chi connectivity index (χ3v) is 2.20. The minimum atomic E-state index is -0.401. The van der Waals surface area contributed by atoms with Crippen molar-refractivity contribution in [1.29, 1.82) is 0 Å². The molecule has 0 amide bonds. The molecule has 89 valence electrons. The van der Waals surface area contributed by atoms with Crippen LogP contribution in [0.1, 0.15) is 5.56 Å². The molecule has 1 saturated heterocycles. The summed E-state index contributed by atoms with van der Waals surface area (Å²) < 4.78 is 10.3. The Kier molecular flexibility index (Phi) is 4.23. The first-order valence-electron chi connectivity index (χ1n) is 5.27. The molecule has 0 saturated carbocycles. The molecule has 5 heteroatoms.